The first-order valence-electron chi connectivity index (χ1n) is 5.75. The van der Waals surface area contributed by atoms with E-state index in [0.717, 1.165) is 26.3 Å². The van der Waals surface area contributed by atoms with Crippen molar-refractivity contribution in [3.8, 4) is 0 Å². The molecule has 3 N–H and O–H groups in total. The Balaban J connectivity index is 2.28. The van der Waals surface area contributed by atoms with E-state index < -0.39 is 0 Å². The normalized spacial score (nSPS) is 25.3. The third kappa shape index (κ3) is 3.95. The lowest BCUT2D eigenvalue weighted by Gasteiger charge is -2.30. The minimum Gasteiger partial charge on any atom is -0.381 e. The van der Waals surface area contributed by atoms with Crippen molar-refractivity contribution in [2.45, 2.75) is 32.7 Å². The van der Waals surface area contributed by atoms with Gasteiger partial charge in [0.25, 0.3) is 0 Å². The number of rotatable bonds is 5. The lowest BCUT2D eigenvalue weighted by molar-refractivity contribution is 0.0401. The smallest absolute Gasteiger partial charge is 0.0509 e. The maximum absolute atomic E-state index is 5.77. The Morgan fingerprint density at radius 3 is 2.79 bits per heavy atom. The molecule has 0 saturated carbocycles. The minimum absolute atomic E-state index is 0.442. The van der Waals surface area contributed by atoms with Crippen molar-refractivity contribution < 1.29 is 4.74 Å². The van der Waals surface area contributed by atoms with E-state index in [0.29, 0.717) is 17.9 Å². The van der Waals surface area contributed by atoms with Crippen molar-refractivity contribution in [3.05, 3.63) is 0 Å². The van der Waals surface area contributed by atoms with Crippen LogP contribution in [0.1, 0.15) is 26.7 Å². The van der Waals surface area contributed by atoms with Crippen molar-refractivity contribution in [2.24, 2.45) is 17.6 Å². The number of nitrogens with two attached hydrogens (primary N) is 1. The van der Waals surface area contributed by atoms with E-state index >= 15 is 0 Å². The maximum Gasteiger partial charge on any atom is 0.0509 e. The Kier molecular flexibility index (Phi) is 5.45. The van der Waals surface area contributed by atoms with Crippen LogP contribution in [-0.2, 0) is 4.74 Å². The molecular weight excluding hydrogens is 176 g/mol. The van der Waals surface area contributed by atoms with Gasteiger partial charge in [-0.05, 0) is 31.2 Å². The second-order valence-electron chi connectivity index (χ2n) is 4.62. The van der Waals surface area contributed by atoms with Crippen molar-refractivity contribution in [2.75, 3.05) is 26.3 Å². The van der Waals surface area contributed by atoms with Crippen LogP contribution in [0, 0.1) is 11.8 Å². The number of nitrogens with one attached hydrogen (secondary N) is 1. The first kappa shape index (κ1) is 12.0. The average molecular weight is 200 g/mol. The van der Waals surface area contributed by atoms with Crippen LogP contribution in [0.4, 0.5) is 0 Å². The molecule has 0 aromatic rings. The Morgan fingerprint density at radius 1 is 1.50 bits per heavy atom. The molecular formula is C11H24N2O. The quantitative estimate of drug-likeness (QED) is 0.695. The molecule has 2 atom stereocenters. The summed E-state index contributed by atoms with van der Waals surface area (Å²) in [6.07, 6.45) is 2.44. The van der Waals surface area contributed by atoms with Crippen LogP contribution in [0.2, 0.25) is 0 Å². The monoisotopic (exact) mass is 200 g/mol. The molecule has 1 fully saturated rings. The van der Waals surface area contributed by atoms with Crippen molar-refractivity contribution in [3.63, 3.8) is 0 Å². The highest BCUT2D eigenvalue weighted by Crippen LogP contribution is 2.17. The van der Waals surface area contributed by atoms with Gasteiger partial charge in [-0.25, -0.2) is 0 Å². The van der Waals surface area contributed by atoms with E-state index in [2.05, 4.69) is 19.2 Å². The highest BCUT2D eigenvalue weighted by molar-refractivity contribution is 4.79. The fraction of sp³-hybridized carbons (Fsp3) is 1.00. The van der Waals surface area contributed by atoms with Gasteiger partial charge in [0, 0.05) is 19.2 Å². The molecule has 0 aromatic heterocycles. The Morgan fingerprint density at radius 2 is 2.29 bits per heavy atom. The molecule has 3 heteroatoms. The summed E-state index contributed by atoms with van der Waals surface area (Å²) in [4.78, 5) is 0. The highest BCUT2D eigenvalue weighted by Gasteiger charge is 2.22. The molecule has 2 unspecified atom stereocenters. The van der Waals surface area contributed by atoms with Gasteiger partial charge in [0.1, 0.15) is 0 Å². The molecule has 3 nitrogen and oxygen atoms in total. The molecule has 1 aliphatic rings. The predicted octanol–water partition coefficient (Wildman–Crippen LogP) is 0.986. The van der Waals surface area contributed by atoms with Gasteiger partial charge in [0.15, 0.2) is 0 Å². The summed E-state index contributed by atoms with van der Waals surface area (Å²) in [6, 6.07) is 0.442. The maximum atomic E-state index is 5.77. The van der Waals surface area contributed by atoms with Gasteiger partial charge in [-0.1, -0.05) is 13.8 Å². The first-order chi connectivity index (χ1) is 6.74. The third-order valence-corrected chi connectivity index (χ3v) is 2.81. The van der Waals surface area contributed by atoms with E-state index in [1.807, 2.05) is 0 Å². The fourth-order valence-corrected chi connectivity index (χ4v) is 1.91. The third-order valence-electron chi connectivity index (χ3n) is 2.81. The average Bonchev–Trinajstić information content (AvgIpc) is 2.20. The first-order valence-corrected chi connectivity index (χ1v) is 5.75. The largest absolute Gasteiger partial charge is 0.381 e. The summed E-state index contributed by atoms with van der Waals surface area (Å²) in [6.45, 7) is 8.03. The molecule has 0 radical (unpaired) electrons. The Labute approximate surface area is 87.4 Å². The van der Waals surface area contributed by atoms with Crippen molar-refractivity contribution in [1.29, 1.82) is 0 Å². The SMILES string of the molecule is CC(C)CNC(CN)C1CCCOC1. The molecule has 1 saturated heterocycles. The van der Waals surface area contributed by atoms with Crippen LogP contribution in [0.5, 0.6) is 0 Å². The molecule has 1 rings (SSSR count). The van der Waals surface area contributed by atoms with Gasteiger partial charge >= 0.3 is 0 Å². The number of hydrogen-bond donors (Lipinski definition) is 2. The van der Waals surface area contributed by atoms with E-state index in [9.17, 15) is 0 Å². The lowest BCUT2D eigenvalue weighted by Crippen LogP contribution is -2.46. The van der Waals surface area contributed by atoms with Crippen LogP contribution in [0.3, 0.4) is 0 Å². The van der Waals surface area contributed by atoms with Crippen LogP contribution >= 0.6 is 0 Å². The Bertz CT molecular complexity index is 144. The second-order valence-corrected chi connectivity index (χ2v) is 4.62. The summed E-state index contributed by atoms with van der Waals surface area (Å²) in [5.41, 5.74) is 5.77. The van der Waals surface area contributed by atoms with Crippen LogP contribution < -0.4 is 11.1 Å². The van der Waals surface area contributed by atoms with Gasteiger partial charge in [-0.2, -0.15) is 0 Å². The van der Waals surface area contributed by atoms with Gasteiger partial charge < -0.3 is 15.8 Å². The van der Waals surface area contributed by atoms with Gasteiger partial charge in [-0.15, -0.1) is 0 Å². The van der Waals surface area contributed by atoms with E-state index in [1.54, 1.807) is 0 Å². The zero-order valence-electron chi connectivity index (χ0n) is 9.46. The molecule has 0 bridgehead atoms. The summed E-state index contributed by atoms with van der Waals surface area (Å²) >= 11 is 0. The summed E-state index contributed by atoms with van der Waals surface area (Å²) in [5.74, 6) is 1.31. The van der Waals surface area contributed by atoms with Gasteiger partial charge in [0.2, 0.25) is 0 Å². The Hall–Kier alpha value is -0.120. The number of hydrogen-bond acceptors (Lipinski definition) is 3. The van der Waals surface area contributed by atoms with Crippen molar-refractivity contribution in [1.82, 2.24) is 5.32 Å². The van der Waals surface area contributed by atoms with E-state index in [4.69, 9.17) is 10.5 Å². The van der Waals surface area contributed by atoms with Crippen LogP contribution in [0.25, 0.3) is 0 Å². The summed E-state index contributed by atoms with van der Waals surface area (Å²) in [5, 5.41) is 3.53. The molecule has 0 aliphatic carbocycles. The molecule has 0 aromatic carbocycles. The van der Waals surface area contributed by atoms with Crippen molar-refractivity contribution >= 4 is 0 Å². The summed E-state index contributed by atoms with van der Waals surface area (Å²) in [7, 11) is 0. The molecule has 0 amide bonds. The topological polar surface area (TPSA) is 47.3 Å². The zero-order valence-corrected chi connectivity index (χ0v) is 9.46. The van der Waals surface area contributed by atoms with Gasteiger partial charge in [0.05, 0.1) is 6.61 Å². The molecule has 0 spiro atoms. The van der Waals surface area contributed by atoms with Crippen LogP contribution in [-0.4, -0.2) is 32.3 Å². The molecule has 14 heavy (non-hydrogen) atoms. The highest BCUT2D eigenvalue weighted by atomic mass is 16.5. The summed E-state index contributed by atoms with van der Waals surface area (Å²) < 4.78 is 5.48. The number of ether oxygens (including phenoxy) is 1. The standard InChI is InChI=1S/C11H24N2O/c1-9(2)7-13-11(6-12)10-4-3-5-14-8-10/h9-11,13H,3-8,12H2,1-2H3. The van der Waals surface area contributed by atoms with Gasteiger partial charge in [-0.3, -0.25) is 0 Å². The van der Waals surface area contributed by atoms with E-state index in [-0.39, 0.29) is 0 Å². The molecule has 1 aliphatic heterocycles. The predicted molar refractivity (Wildman–Crippen MR) is 59.2 cm³/mol. The van der Waals surface area contributed by atoms with E-state index in [1.165, 1.54) is 12.8 Å². The molecule has 84 valence electrons. The minimum atomic E-state index is 0.442. The fourth-order valence-electron chi connectivity index (χ4n) is 1.91. The van der Waals surface area contributed by atoms with Crippen LogP contribution in [0.15, 0.2) is 0 Å². The second kappa shape index (κ2) is 6.38. The zero-order chi connectivity index (χ0) is 10.4. The lowest BCUT2D eigenvalue weighted by atomic mass is 9.93. The molecule has 1 heterocycles.